The van der Waals surface area contributed by atoms with Gasteiger partial charge < -0.3 is 0 Å². The molecular weight excluding hydrogens is 179 g/mol. The van der Waals surface area contributed by atoms with Crippen molar-refractivity contribution in [3.05, 3.63) is 48.0 Å². The first-order valence-corrected chi connectivity index (χ1v) is 4.60. The molecule has 72 valence electrons. The van der Waals surface area contributed by atoms with E-state index in [1.807, 2.05) is 24.3 Å². The van der Waals surface area contributed by atoms with Crippen molar-refractivity contribution < 1.29 is 4.39 Å². The molecular formula is C11H11FN2. The summed E-state index contributed by atoms with van der Waals surface area (Å²) in [5.41, 5.74) is 1.99. The van der Waals surface area contributed by atoms with Crippen molar-refractivity contribution in [3.63, 3.8) is 0 Å². The van der Waals surface area contributed by atoms with Crippen LogP contribution in [-0.4, -0.2) is 9.78 Å². The maximum absolute atomic E-state index is 13.1. The monoisotopic (exact) mass is 190 g/mol. The Morgan fingerprint density at radius 3 is 2.43 bits per heavy atom. The Morgan fingerprint density at radius 1 is 1.21 bits per heavy atom. The molecule has 14 heavy (non-hydrogen) atoms. The van der Waals surface area contributed by atoms with Crippen LogP contribution in [0, 0.1) is 5.95 Å². The molecule has 3 heteroatoms. The molecule has 0 saturated carbocycles. The molecule has 0 unspecified atom stereocenters. The minimum atomic E-state index is -0.339. The van der Waals surface area contributed by atoms with Crippen LogP contribution in [0.25, 0.3) is 5.69 Å². The first kappa shape index (κ1) is 8.94. The fourth-order valence-corrected chi connectivity index (χ4v) is 1.35. The third-order valence-electron chi connectivity index (χ3n) is 2.19. The molecule has 1 aromatic heterocycles. The van der Waals surface area contributed by atoms with E-state index in [0.29, 0.717) is 0 Å². The number of aromatic nitrogens is 2. The minimum absolute atomic E-state index is 0.339. The van der Waals surface area contributed by atoms with Gasteiger partial charge in [-0.3, -0.25) is 0 Å². The fraction of sp³-hybridized carbons (Fsp3) is 0.182. The van der Waals surface area contributed by atoms with E-state index in [4.69, 9.17) is 0 Å². The van der Waals surface area contributed by atoms with Crippen molar-refractivity contribution in [2.45, 2.75) is 13.3 Å². The van der Waals surface area contributed by atoms with Crippen molar-refractivity contribution in [3.8, 4) is 5.69 Å². The van der Waals surface area contributed by atoms with Crippen LogP contribution in [0.1, 0.15) is 12.5 Å². The van der Waals surface area contributed by atoms with E-state index < -0.39 is 0 Å². The van der Waals surface area contributed by atoms with Gasteiger partial charge in [0.2, 0.25) is 5.95 Å². The zero-order valence-electron chi connectivity index (χ0n) is 7.94. The highest BCUT2D eigenvalue weighted by molar-refractivity contribution is 5.33. The smallest absolute Gasteiger partial charge is 0.207 e. The van der Waals surface area contributed by atoms with Gasteiger partial charge >= 0.3 is 0 Å². The molecule has 0 N–H and O–H groups in total. The Kier molecular flexibility index (Phi) is 2.31. The van der Waals surface area contributed by atoms with Gasteiger partial charge in [-0.05, 0) is 24.1 Å². The molecule has 2 rings (SSSR count). The Bertz CT molecular complexity index is 417. The molecule has 0 aliphatic heterocycles. The van der Waals surface area contributed by atoms with Crippen LogP contribution in [0.2, 0.25) is 0 Å². The van der Waals surface area contributed by atoms with Crippen LogP contribution in [0.15, 0.2) is 36.5 Å². The Hall–Kier alpha value is -1.64. The highest BCUT2D eigenvalue weighted by Crippen LogP contribution is 2.10. The molecule has 2 nitrogen and oxygen atoms in total. The Balaban J connectivity index is 2.39. The lowest BCUT2D eigenvalue weighted by Gasteiger charge is -2.02. The van der Waals surface area contributed by atoms with Gasteiger partial charge in [-0.2, -0.15) is 9.49 Å². The average molecular weight is 190 g/mol. The van der Waals surface area contributed by atoms with E-state index in [1.165, 1.54) is 22.5 Å². The topological polar surface area (TPSA) is 17.8 Å². The molecule has 0 spiro atoms. The summed E-state index contributed by atoms with van der Waals surface area (Å²) in [6, 6.07) is 9.05. The summed E-state index contributed by atoms with van der Waals surface area (Å²) in [4.78, 5) is 0. The zero-order chi connectivity index (χ0) is 9.97. The average Bonchev–Trinajstić information content (AvgIpc) is 2.65. The van der Waals surface area contributed by atoms with Crippen LogP contribution >= 0.6 is 0 Å². The van der Waals surface area contributed by atoms with Gasteiger partial charge in [-0.25, -0.2) is 4.68 Å². The summed E-state index contributed by atoms with van der Waals surface area (Å²) < 4.78 is 14.4. The predicted octanol–water partition coefficient (Wildman–Crippen LogP) is 2.57. The summed E-state index contributed by atoms with van der Waals surface area (Å²) >= 11 is 0. The highest BCUT2D eigenvalue weighted by Gasteiger charge is 2.02. The van der Waals surface area contributed by atoms with Crippen molar-refractivity contribution in [2.24, 2.45) is 0 Å². The first-order chi connectivity index (χ1) is 6.81. The molecule has 2 aromatic rings. The second-order valence-electron chi connectivity index (χ2n) is 3.09. The summed E-state index contributed by atoms with van der Waals surface area (Å²) in [5.74, 6) is -0.339. The molecule has 0 aliphatic carbocycles. The molecule has 1 aromatic carbocycles. The van der Waals surface area contributed by atoms with Gasteiger partial charge in [-0.15, -0.1) is 0 Å². The maximum atomic E-state index is 13.1. The van der Waals surface area contributed by atoms with Gasteiger partial charge in [0, 0.05) is 6.07 Å². The second kappa shape index (κ2) is 3.62. The van der Waals surface area contributed by atoms with Crippen LogP contribution < -0.4 is 0 Å². The summed E-state index contributed by atoms with van der Waals surface area (Å²) in [6.07, 6.45) is 2.44. The first-order valence-electron chi connectivity index (χ1n) is 4.60. The summed E-state index contributed by atoms with van der Waals surface area (Å²) in [5, 5.41) is 3.88. The molecule has 0 saturated heterocycles. The van der Waals surface area contributed by atoms with Crippen molar-refractivity contribution in [2.75, 3.05) is 0 Å². The van der Waals surface area contributed by atoms with Crippen molar-refractivity contribution in [1.29, 1.82) is 0 Å². The normalized spacial score (nSPS) is 10.4. The van der Waals surface area contributed by atoms with Crippen molar-refractivity contribution in [1.82, 2.24) is 9.78 Å². The van der Waals surface area contributed by atoms with Gasteiger partial charge in [0.05, 0.1) is 11.9 Å². The third-order valence-corrected chi connectivity index (χ3v) is 2.19. The third kappa shape index (κ3) is 1.53. The summed E-state index contributed by atoms with van der Waals surface area (Å²) in [7, 11) is 0. The molecule has 0 bridgehead atoms. The number of benzene rings is 1. The van der Waals surface area contributed by atoms with Crippen LogP contribution in [0.4, 0.5) is 4.39 Å². The second-order valence-corrected chi connectivity index (χ2v) is 3.09. The van der Waals surface area contributed by atoms with Gasteiger partial charge in [0.15, 0.2) is 0 Å². The predicted molar refractivity (Wildman–Crippen MR) is 52.9 cm³/mol. The molecule has 0 atom stereocenters. The lowest BCUT2D eigenvalue weighted by molar-refractivity contribution is 0.537. The SMILES string of the molecule is CCc1ccc(-n2nccc2F)cc1. The van der Waals surface area contributed by atoms with Gasteiger partial charge in [0.1, 0.15) is 0 Å². The van der Waals surface area contributed by atoms with Gasteiger partial charge in [0.25, 0.3) is 0 Å². The molecule has 1 heterocycles. The Labute approximate surface area is 82.0 Å². The lowest BCUT2D eigenvalue weighted by Crippen LogP contribution is -1.99. The minimum Gasteiger partial charge on any atom is -0.207 e. The molecule has 0 aliphatic rings. The number of halogens is 1. The van der Waals surface area contributed by atoms with Crippen LogP contribution in [-0.2, 0) is 6.42 Å². The lowest BCUT2D eigenvalue weighted by atomic mass is 10.1. The van der Waals surface area contributed by atoms with E-state index in [0.717, 1.165) is 12.1 Å². The molecule has 0 amide bonds. The van der Waals surface area contributed by atoms with Crippen molar-refractivity contribution >= 4 is 0 Å². The standard InChI is InChI=1S/C11H11FN2/c1-2-9-3-5-10(6-4-9)14-11(12)7-8-13-14/h3-8H,2H2,1H3. The van der Waals surface area contributed by atoms with E-state index in [2.05, 4.69) is 12.0 Å². The Morgan fingerprint density at radius 2 is 1.93 bits per heavy atom. The summed E-state index contributed by atoms with van der Waals surface area (Å²) in [6.45, 7) is 2.09. The highest BCUT2D eigenvalue weighted by atomic mass is 19.1. The number of rotatable bonds is 2. The van der Waals surface area contributed by atoms with E-state index >= 15 is 0 Å². The number of aryl methyl sites for hydroxylation is 1. The fourth-order valence-electron chi connectivity index (χ4n) is 1.35. The van der Waals surface area contributed by atoms with Crippen LogP contribution in [0.3, 0.4) is 0 Å². The van der Waals surface area contributed by atoms with E-state index in [9.17, 15) is 4.39 Å². The number of nitrogens with zero attached hydrogens (tertiary/aromatic N) is 2. The largest absolute Gasteiger partial charge is 0.216 e. The number of hydrogen-bond donors (Lipinski definition) is 0. The zero-order valence-corrected chi connectivity index (χ0v) is 7.94. The van der Waals surface area contributed by atoms with Gasteiger partial charge in [-0.1, -0.05) is 19.1 Å². The van der Waals surface area contributed by atoms with E-state index in [-0.39, 0.29) is 5.95 Å². The van der Waals surface area contributed by atoms with E-state index in [1.54, 1.807) is 0 Å². The molecule has 0 fully saturated rings. The molecule has 0 radical (unpaired) electrons. The number of hydrogen-bond acceptors (Lipinski definition) is 1. The maximum Gasteiger partial charge on any atom is 0.216 e. The van der Waals surface area contributed by atoms with Crippen LogP contribution in [0.5, 0.6) is 0 Å². The quantitative estimate of drug-likeness (QED) is 0.711.